The van der Waals surface area contributed by atoms with Crippen molar-refractivity contribution >= 4 is 0 Å². The Morgan fingerprint density at radius 1 is 1.15 bits per heavy atom. The summed E-state index contributed by atoms with van der Waals surface area (Å²) in [7, 11) is 0. The second kappa shape index (κ2) is 8.83. The summed E-state index contributed by atoms with van der Waals surface area (Å²) in [6, 6.07) is 8.48. The van der Waals surface area contributed by atoms with E-state index in [1.807, 2.05) is 19.1 Å². The number of aromatic nitrogens is 2. The third-order valence-corrected chi connectivity index (χ3v) is 6.03. The molecule has 1 N–H and O–H groups in total. The molecule has 0 fully saturated rings. The van der Waals surface area contributed by atoms with Gasteiger partial charge in [-0.25, -0.2) is 4.98 Å². The normalized spacial score (nSPS) is 19.1. The van der Waals surface area contributed by atoms with Gasteiger partial charge in [0.2, 0.25) is 5.88 Å². The van der Waals surface area contributed by atoms with Gasteiger partial charge in [0, 0.05) is 24.7 Å². The largest absolute Gasteiger partial charge is 0.477 e. The zero-order chi connectivity index (χ0) is 19.3. The van der Waals surface area contributed by atoms with Crippen LogP contribution in [0, 0.1) is 5.92 Å². The van der Waals surface area contributed by atoms with Gasteiger partial charge < -0.3 is 10.1 Å². The summed E-state index contributed by atoms with van der Waals surface area (Å²) in [4.78, 5) is 9.46. The summed E-state index contributed by atoms with van der Waals surface area (Å²) < 4.78 is 5.72. The van der Waals surface area contributed by atoms with Crippen LogP contribution in [0.3, 0.4) is 0 Å². The van der Waals surface area contributed by atoms with Gasteiger partial charge in [-0.2, -0.15) is 0 Å². The predicted molar refractivity (Wildman–Crippen MR) is 111 cm³/mol. The molecule has 0 aliphatic carbocycles. The van der Waals surface area contributed by atoms with Crippen LogP contribution >= 0.6 is 0 Å². The Hall–Kier alpha value is -1.94. The molecule has 0 amide bonds. The predicted octanol–water partition coefficient (Wildman–Crippen LogP) is 5.12. The lowest BCUT2D eigenvalue weighted by atomic mass is 9.63. The molecule has 27 heavy (non-hydrogen) atoms. The highest BCUT2D eigenvalue weighted by atomic mass is 16.5. The van der Waals surface area contributed by atoms with E-state index < -0.39 is 0 Å². The number of nitrogens with zero attached hydrogens (tertiary/aromatic N) is 2. The van der Waals surface area contributed by atoms with Gasteiger partial charge in [0.05, 0.1) is 23.6 Å². The Balaban J connectivity index is 2.07. The molecule has 0 saturated heterocycles. The molecule has 0 radical (unpaired) electrons. The van der Waals surface area contributed by atoms with Gasteiger partial charge in [-0.1, -0.05) is 46.1 Å². The summed E-state index contributed by atoms with van der Waals surface area (Å²) in [6.45, 7) is 11.4. The molecule has 0 saturated carbocycles. The fourth-order valence-electron chi connectivity index (χ4n) is 4.88. The highest BCUT2D eigenvalue weighted by Crippen LogP contribution is 2.44. The lowest BCUT2D eigenvalue weighted by Crippen LogP contribution is -2.48. The number of pyridine rings is 2. The van der Waals surface area contributed by atoms with Crippen LogP contribution in [-0.2, 0) is 12.0 Å². The molecule has 1 atom stereocenters. The van der Waals surface area contributed by atoms with Gasteiger partial charge in [0.15, 0.2) is 0 Å². The van der Waals surface area contributed by atoms with E-state index in [1.54, 1.807) is 6.20 Å². The molecule has 1 aliphatic rings. The summed E-state index contributed by atoms with van der Waals surface area (Å²) in [6.07, 6.45) is 6.58. The van der Waals surface area contributed by atoms with E-state index >= 15 is 0 Å². The number of fused-ring (bicyclic) bond motifs is 1. The monoisotopic (exact) mass is 367 g/mol. The molecular formula is C23H33N3O. The van der Waals surface area contributed by atoms with Gasteiger partial charge in [-0.3, -0.25) is 4.98 Å². The van der Waals surface area contributed by atoms with Crippen LogP contribution < -0.4 is 10.1 Å². The Morgan fingerprint density at radius 3 is 2.67 bits per heavy atom. The topological polar surface area (TPSA) is 47.0 Å². The second-order valence-corrected chi connectivity index (χ2v) is 7.50. The van der Waals surface area contributed by atoms with E-state index in [0.29, 0.717) is 18.4 Å². The quantitative estimate of drug-likeness (QED) is 0.703. The summed E-state index contributed by atoms with van der Waals surface area (Å²) in [5.74, 6) is 1.34. The first-order valence-electron chi connectivity index (χ1n) is 10.5. The summed E-state index contributed by atoms with van der Waals surface area (Å²) in [5.41, 5.74) is 4.74. The number of nitrogens with one attached hydrogen (secondary N) is 1. The lowest BCUT2D eigenvalue weighted by molar-refractivity contribution is 0.207. The molecule has 4 nitrogen and oxygen atoms in total. The minimum atomic E-state index is 0.190. The first-order valence-corrected chi connectivity index (χ1v) is 10.5. The van der Waals surface area contributed by atoms with Crippen molar-refractivity contribution in [1.29, 1.82) is 0 Å². The minimum absolute atomic E-state index is 0.190. The van der Waals surface area contributed by atoms with Crippen LogP contribution in [0.15, 0.2) is 30.5 Å². The van der Waals surface area contributed by atoms with Crippen molar-refractivity contribution in [1.82, 2.24) is 15.3 Å². The number of ether oxygens (including phenoxy) is 1. The minimum Gasteiger partial charge on any atom is -0.477 e. The Kier molecular flexibility index (Phi) is 6.48. The maximum absolute atomic E-state index is 5.72. The van der Waals surface area contributed by atoms with Gasteiger partial charge in [0.25, 0.3) is 0 Å². The van der Waals surface area contributed by atoms with Crippen LogP contribution in [0.25, 0.3) is 11.3 Å². The van der Waals surface area contributed by atoms with Crippen LogP contribution in [0.2, 0.25) is 0 Å². The smallest absolute Gasteiger partial charge is 0.222 e. The SMILES string of the molecule is CCCC1(C(CC)CC)CNCc2nc(-c3cccnc3OCC)ccc21. The van der Waals surface area contributed by atoms with Crippen molar-refractivity contribution in [3.63, 3.8) is 0 Å². The van der Waals surface area contributed by atoms with Crippen molar-refractivity contribution in [2.24, 2.45) is 5.92 Å². The van der Waals surface area contributed by atoms with E-state index in [-0.39, 0.29) is 5.41 Å². The third-order valence-electron chi connectivity index (χ3n) is 6.03. The maximum Gasteiger partial charge on any atom is 0.222 e. The van der Waals surface area contributed by atoms with E-state index in [4.69, 9.17) is 9.72 Å². The average Bonchev–Trinajstić information content (AvgIpc) is 2.70. The van der Waals surface area contributed by atoms with Gasteiger partial charge in [-0.05, 0) is 43.0 Å². The van der Waals surface area contributed by atoms with E-state index in [9.17, 15) is 0 Å². The van der Waals surface area contributed by atoms with Gasteiger partial charge in [-0.15, -0.1) is 0 Å². The third kappa shape index (κ3) is 3.73. The molecule has 4 heteroatoms. The molecule has 1 unspecified atom stereocenters. The molecule has 2 aromatic heterocycles. The molecule has 3 rings (SSSR count). The van der Waals surface area contributed by atoms with Gasteiger partial charge in [0.1, 0.15) is 0 Å². The van der Waals surface area contributed by atoms with Crippen molar-refractivity contribution in [2.45, 2.75) is 65.3 Å². The fourth-order valence-corrected chi connectivity index (χ4v) is 4.88. The van der Waals surface area contributed by atoms with Crippen LogP contribution in [-0.4, -0.2) is 23.1 Å². The standard InChI is InChI=1S/C23H33N3O/c1-5-13-23(17(6-2)7-3)16-24-15-21-19(23)11-12-20(26-21)18-10-9-14-25-22(18)27-8-4/h9-12,14,17,24H,5-8,13,15-16H2,1-4H3. The average molecular weight is 368 g/mol. The van der Waals surface area contributed by atoms with E-state index in [1.165, 1.54) is 36.9 Å². The molecule has 0 bridgehead atoms. The fraction of sp³-hybridized carbons (Fsp3) is 0.565. The zero-order valence-corrected chi connectivity index (χ0v) is 17.2. The Bertz CT molecular complexity index is 757. The van der Waals surface area contributed by atoms with Crippen molar-refractivity contribution in [2.75, 3.05) is 13.2 Å². The molecule has 3 heterocycles. The summed E-state index contributed by atoms with van der Waals surface area (Å²) in [5, 5.41) is 3.67. The van der Waals surface area contributed by atoms with Crippen LogP contribution in [0.4, 0.5) is 0 Å². The van der Waals surface area contributed by atoms with Crippen LogP contribution in [0.5, 0.6) is 5.88 Å². The summed E-state index contributed by atoms with van der Waals surface area (Å²) >= 11 is 0. The second-order valence-electron chi connectivity index (χ2n) is 7.50. The number of hydrogen-bond acceptors (Lipinski definition) is 4. The first kappa shape index (κ1) is 19.8. The molecule has 0 spiro atoms. The molecular weight excluding hydrogens is 334 g/mol. The molecule has 2 aromatic rings. The highest BCUT2D eigenvalue weighted by molar-refractivity contribution is 5.65. The maximum atomic E-state index is 5.72. The zero-order valence-electron chi connectivity index (χ0n) is 17.2. The molecule has 146 valence electrons. The Labute approximate surface area is 163 Å². The number of rotatable bonds is 8. The number of hydrogen-bond donors (Lipinski definition) is 1. The van der Waals surface area contributed by atoms with E-state index in [0.717, 1.165) is 24.3 Å². The van der Waals surface area contributed by atoms with Gasteiger partial charge >= 0.3 is 0 Å². The molecule has 0 aromatic carbocycles. The first-order chi connectivity index (χ1) is 13.2. The lowest BCUT2D eigenvalue weighted by Gasteiger charge is -2.45. The highest BCUT2D eigenvalue weighted by Gasteiger charge is 2.41. The van der Waals surface area contributed by atoms with Crippen LogP contribution in [0.1, 0.15) is 64.6 Å². The van der Waals surface area contributed by atoms with Crippen molar-refractivity contribution in [3.8, 4) is 17.1 Å². The van der Waals surface area contributed by atoms with Crippen molar-refractivity contribution in [3.05, 3.63) is 41.7 Å². The molecule has 1 aliphatic heterocycles. The van der Waals surface area contributed by atoms with Crippen molar-refractivity contribution < 1.29 is 4.74 Å². The Morgan fingerprint density at radius 2 is 1.96 bits per heavy atom. The van der Waals surface area contributed by atoms with E-state index in [2.05, 4.69) is 43.2 Å².